The van der Waals surface area contributed by atoms with Crippen LogP contribution in [0.4, 0.5) is 13.2 Å². The van der Waals surface area contributed by atoms with Gasteiger partial charge in [0.25, 0.3) is 0 Å². The van der Waals surface area contributed by atoms with Crippen molar-refractivity contribution in [1.29, 1.82) is 0 Å². The number of allylic oxidation sites excluding steroid dienone is 2. The second kappa shape index (κ2) is 8.80. The molecule has 0 N–H and O–H groups in total. The van der Waals surface area contributed by atoms with Gasteiger partial charge in [-0.1, -0.05) is 72.2 Å². The Hall–Kier alpha value is -3.69. The van der Waals surface area contributed by atoms with E-state index in [9.17, 15) is 13.2 Å². The number of hydrogen-bond acceptors (Lipinski definition) is 0. The average molecular weight is 372 g/mol. The first-order chi connectivity index (χ1) is 13.5. The maximum atomic E-state index is 12.8. The highest BCUT2D eigenvalue weighted by molar-refractivity contribution is 5.81. The Morgan fingerprint density at radius 2 is 1.21 bits per heavy atom. The molecule has 0 radical (unpaired) electrons. The van der Waals surface area contributed by atoms with Crippen LogP contribution in [0.2, 0.25) is 0 Å². The number of alkyl halides is 3. The van der Waals surface area contributed by atoms with Gasteiger partial charge in [0.2, 0.25) is 0 Å². The molecule has 0 spiro atoms. The lowest BCUT2D eigenvalue weighted by Gasteiger charge is -2.07. The fourth-order valence-corrected chi connectivity index (χ4v) is 2.40. The standard InChI is InChI=1S/C25H15F3/c26-25(27,28)24-18-16-23(17-19-24)22(15-14-21-10-5-2-6-11-21)13-7-12-20-8-3-1-4-9-20/h1-6,8-11,13,16-19H/b22-13+. The van der Waals surface area contributed by atoms with Gasteiger partial charge in [-0.05, 0) is 42.0 Å². The van der Waals surface area contributed by atoms with Gasteiger partial charge in [0.15, 0.2) is 0 Å². The Balaban J connectivity index is 1.96. The Labute approximate surface area is 162 Å². The van der Waals surface area contributed by atoms with Crippen molar-refractivity contribution in [2.45, 2.75) is 6.18 Å². The summed E-state index contributed by atoms with van der Waals surface area (Å²) >= 11 is 0. The Kier molecular flexibility index (Phi) is 6.00. The summed E-state index contributed by atoms with van der Waals surface area (Å²) in [4.78, 5) is 0. The Morgan fingerprint density at radius 3 is 1.75 bits per heavy atom. The SMILES string of the molecule is FC(F)(F)c1ccc(/C(C#Cc2ccccc2)=C/C#Cc2ccccc2)cc1. The van der Waals surface area contributed by atoms with Gasteiger partial charge in [0, 0.05) is 22.8 Å². The van der Waals surface area contributed by atoms with E-state index in [1.165, 1.54) is 12.1 Å². The van der Waals surface area contributed by atoms with Crippen molar-refractivity contribution in [3.05, 3.63) is 113 Å². The fourth-order valence-electron chi connectivity index (χ4n) is 2.40. The molecule has 0 saturated carbocycles. The third-order valence-electron chi connectivity index (χ3n) is 3.85. The normalized spacial score (nSPS) is 11.0. The predicted octanol–water partition coefficient (Wildman–Crippen LogP) is 6.19. The molecule has 0 atom stereocenters. The molecule has 0 aromatic heterocycles. The second-order valence-electron chi connectivity index (χ2n) is 5.88. The van der Waals surface area contributed by atoms with E-state index in [0.29, 0.717) is 11.1 Å². The molecule has 3 aromatic carbocycles. The van der Waals surface area contributed by atoms with Crippen LogP contribution in [0.1, 0.15) is 22.3 Å². The minimum absolute atomic E-state index is 0.556. The first-order valence-electron chi connectivity index (χ1n) is 8.54. The summed E-state index contributed by atoms with van der Waals surface area (Å²) in [5.41, 5.74) is 2.11. The first-order valence-corrected chi connectivity index (χ1v) is 8.54. The average Bonchev–Trinajstić information content (AvgIpc) is 2.71. The third kappa shape index (κ3) is 5.40. The van der Waals surface area contributed by atoms with E-state index >= 15 is 0 Å². The summed E-state index contributed by atoms with van der Waals surface area (Å²) in [5, 5.41) is 0. The van der Waals surface area contributed by atoms with E-state index in [4.69, 9.17) is 0 Å². The van der Waals surface area contributed by atoms with Crippen molar-refractivity contribution in [1.82, 2.24) is 0 Å². The number of benzene rings is 3. The van der Waals surface area contributed by atoms with Gasteiger partial charge in [0.05, 0.1) is 5.56 Å². The summed E-state index contributed by atoms with van der Waals surface area (Å²) in [5.74, 6) is 12.0. The van der Waals surface area contributed by atoms with Crippen LogP contribution in [0.15, 0.2) is 91.0 Å². The molecule has 0 bridgehead atoms. The highest BCUT2D eigenvalue weighted by Gasteiger charge is 2.29. The lowest BCUT2D eigenvalue weighted by atomic mass is 10.0. The highest BCUT2D eigenvalue weighted by Crippen LogP contribution is 2.30. The van der Waals surface area contributed by atoms with Crippen LogP contribution in [0.3, 0.4) is 0 Å². The lowest BCUT2D eigenvalue weighted by molar-refractivity contribution is -0.137. The maximum absolute atomic E-state index is 12.8. The molecule has 28 heavy (non-hydrogen) atoms. The molecular formula is C25H15F3. The van der Waals surface area contributed by atoms with Gasteiger partial charge < -0.3 is 0 Å². The molecule has 3 rings (SSSR count). The van der Waals surface area contributed by atoms with Gasteiger partial charge >= 0.3 is 6.18 Å². The van der Waals surface area contributed by atoms with Crippen molar-refractivity contribution in [2.75, 3.05) is 0 Å². The van der Waals surface area contributed by atoms with E-state index in [1.807, 2.05) is 60.7 Å². The molecule has 0 saturated heterocycles. The molecule has 0 aliphatic heterocycles. The van der Waals surface area contributed by atoms with Crippen LogP contribution in [-0.2, 0) is 6.18 Å². The molecule has 3 aromatic rings. The molecule has 0 amide bonds. The molecule has 136 valence electrons. The fraction of sp³-hybridized carbons (Fsp3) is 0.0400. The molecular weight excluding hydrogens is 357 g/mol. The van der Waals surface area contributed by atoms with E-state index in [2.05, 4.69) is 23.7 Å². The van der Waals surface area contributed by atoms with Crippen LogP contribution in [0.25, 0.3) is 5.57 Å². The summed E-state index contributed by atoms with van der Waals surface area (Å²) in [6.07, 6.45) is -2.74. The van der Waals surface area contributed by atoms with Crippen molar-refractivity contribution in [2.24, 2.45) is 0 Å². The van der Waals surface area contributed by atoms with E-state index < -0.39 is 11.7 Å². The quantitative estimate of drug-likeness (QED) is 0.447. The van der Waals surface area contributed by atoms with Crippen LogP contribution >= 0.6 is 0 Å². The highest BCUT2D eigenvalue weighted by atomic mass is 19.4. The van der Waals surface area contributed by atoms with Crippen LogP contribution < -0.4 is 0 Å². The zero-order chi connectivity index (χ0) is 19.8. The van der Waals surface area contributed by atoms with E-state index in [0.717, 1.165) is 23.3 Å². The number of rotatable bonds is 1. The number of hydrogen-bond donors (Lipinski definition) is 0. The molecule has 0 unspecified atom stereocenters. The minimum atomic E-state index is -4.37. The molecule has 0 aliphatic rings. The molecule has 0 nitrogen and oxygen atoms in total. The Morgan fingerprint density at radius 1 is 0.679 bits per heavy atom. The minimum Gasteiger partial charge on any atom is -0.166 e. The van der Waals surface area contributed by atoms with E-state index in [1.54, 1.807) is 6.08 Å². The van der Waals surface area contributed by atoms with Crippen LogP contribution in [-0.4, -0.2) is 0 Å². The number of halogens is 3. The first kappa shape index (κ1) is 19.1. The molecule has 0 aliphatic carbocycles. The Bertz CT molecular complexity index is 1070. The van der Waals surface area contributed by atoms with Crippen molar-refractivity contribution in [3.8, 4) is 23.7 Å². The topological polar surface area (TPSA) is 0 Å². The summed E-state index contributed by atoms with van der Waals surface area (Å²) < 4.78 is 38.4. The van der Waals surface area contributed by atoms with Gasteiger partial charge in [-0.2, -0.15) is 13.2 Å². The summed E-state index contributed by atoms with van der Waals surface area (Å²) in [6.45, 7) is 0. The van der Waals surface area contributed by atoms with Crippen molar-refractivity contribution in [3.63, 3.8) is 0 Å². The largest absolute Gasteiger partial charge is 0.416 e. The smallest absolute Gasteiger partial charge is 0.166 e. The molecule has 3 heteroatoms. The van der Waals surface area contributed by atoms with Crippen molar-refractivity contribution < 1.29 is 13.2 Å². The monoisotopic (exact) mass is 372 g/mol. The van der Waals surface area contributed by atoms with Gasteiger partial charge in [-0.25, -0.2) is 0 Å². The summed E-state index contributed by atoms with van der Waals surface area (Å²) in [6, 6.07) is 23.8. The van der Waals surface area contributed by atoms with Crippen LogP contribution in [0, 0.1) is 23.7 Å². The predicted molar refractivity (Wildman–Crippen MR) is 106 cm³/mol. The second-order valence-corrected chi connectivity index (χ2v) is 5.88. The lowest BCUT2D eigenvalue weighted by Crippen LogP contribution is -2.04. The third-order valence-corrected chi connectivity index (χ3v) is 3.85. The summed E-state index contributed by atoms with van der Waals surface area (Å²) in [7, 11) is 0. The molecule has 0 heterocycles. The van der Waals surface area contributed by atoms with Gasteiger partial charge in [-0.3, -0.25) is 0 Å². The van der Waals surface area contributed by atoms with E-state index in [-0.39, 0.29) is 0 Å². The van der Waals surface area contributed by atoms with Crippen molar-refractivity contribution >= 4 is 5.57 Å². The van der Waals surface area contributed by atoms with Crippen LogP contribution in [0.5, 0.6) is 0 Å². The zero-order valence-electron chi connectivity index (χ0n) is 14.8. The molecule has 0 fully saturated rings. The van der Waals surface area contributed by atoms with Gasteiger partial charge in [0.1, 0.15) is 0 Å². The maximum Gasteiger partial charge on any atom is 0.416 e. The van der Waals surface area contributed by atoms with Gasteiger partial charge in [-0.15, -0.1) is 0 Å². The zero-order valence-corrected chi connectivity index (χ0v) is 14.8.